The Labute approximate surface area is 258 Å². The fourth-order valence-corrected chi connectivity index (χ4v) is 6.00. The molecule has 0 aromatic rings. The van der Waals surface area contributed by atoms with Gasteiger partial charge in [0.05, 0.1) is 6.10 Å². The van der Waals surface area contributed by atoms with Gasteiger partial charge in [-0.05, 0) is 25.7 Å². The molecule has 3 nitrogen and oxygen atoms in total. The van der Waals surface area contributed by atoms with Crippen LogP contribution >= 0.6 is 0 Å². The van der Waals surface area contributed by atoms with Crippen LogP contribution in [0, 0.1) is 0 Å². The van der Waals surface area contributed by atoms with Crippen LogP contribution in [-0.4, -0.2) is 23.3 Å². The molecule has 0 fully saturated rings. The summed E-state index contributed by atoms with van der Waals surface area (Å²) in [6.45, 7) is 6.54. The van der Waals surface area contributed by atoms with E-state index in [2.05, 4.69) is 13.8 Å². The van der Waals surface area contributed by atoms with Crippen LogP contribution in [0.4, 0.5) is 0 Å². The number of hydrogen-bond donors (Lipinski definition) is 1. The molecule has 0 amide bonds. The summed E-state index contributed by atoms with van der Waals surface area (Å²) in [6.07, 6.45) is 39.9. The van der Waals surface area contributed by atoms with Gasteiger partial charge in [0.2, 0.25) is 0 Å². The molecule has 3 heteroatoms. The average Bonchev–Trinajstić information content (AvgIpc) is 2.98. The first-order valence-corrected chi connectivity index (χ1v) is 19.0. The second kappa shape index (κ2) is 33.9. The van der Waals surface area contributed by atoms with Crippen molar-refractivity contribution in [3.05, 3.63) is 0 Å². The molecule has 0 aromatic heterocycles. The van der Waals surface area contributed by atoms with E-state index >= 15 is 0 Å². The van der Waals surface area contributed by atoms with Gasteiger partial charge in [-0.15, -0.1) is 0 Å². The molecular formula is C38H76O3. The molecule has 2 unspecified atom stereocenters. The van der Waals surface area contributed by atoms with Crippen LogP contribution in [0.1, 0.15) is 226 Å². The molecule has 0 heterocycles. The fourth-order valence-electron chi connectivity index (χ4n) is 6.00. The standard InChI is InChI=1S/C38H76O3/c1-4-7-9-11-13-15-17-19-20-21-22-23-25-27-29-31-33-35-38(40)41-37(36(39)6-3)34-32-30-28-26-24-18-16-14-12-10-8-5-2/h36-37,39H,4-35H2,1-3H3. The molecule has 0 aliphatic rings. The van der Waals surface area contributed by atoms with Crippen LogP contribution in [0.5, 0.6) is 0 Å². The average molecular weight is 581 g/mol. The molecule has 2 atom stereocenters. The quantitative estimate of drug-likeness (QED) is 0.0608. The number of esters is 1. The first-order chi connectivity index (χ1) is 20.2. The highest BCUT2D eigenvalue weighted by atomic mass is 16.6. The number of hydrogen-bond acceptors (Lipinski definition) is 3. The molecule has 0 radical (unpaired) electrons. The summed E-state index contributed by atoms with van der Waals surface area (Å²) in [5.74, 6) is -0.109. The van der Waals surface area contributed by atoms with E-state index in [1.54, 1.807) is 0 Å². The molecule has 0 aromatic carbocycles. The second-order valence-electron chi connectivity index (χ2n) is 13.1. The van der Waals surface area contributed by atoms with Crippen LogP contribution in [0.2, 0.25) is 0 Å². The van der Waals surface area contributed by atoms with E-state index in [-0.39, 0.29) is 12.1 Å². The minimum Gasteiger partial charge on any atom is -0.460 e. The molecule has 0 bridgehead atoms. The second-order valence-corrected chi connectivity index (χ2v) is 13.1. The van der Waals surface area contributed by atoms with Gasteiger partial charge in [0, 0.05) is 6.42 Å². The third-order valence-electron chi connectivity index (χ3n) is 8.96. The summed E-state index contributed by atoms with van der Waals surface area (Å²) in [6, 6.07) is 0. The summed E-state index contributed by atoms with van der Waals surface area (Å²) >= 11 is 0. The molecule has 0 saturated carbocycles. The number of rotatable bonds is 34. The Morgan fingerprint density at radius 3 is 1.07 bits per heavy atom. The molecule has 246 valence electrons. The number of unbranched alkanes of at least 4 members (excludes halogenated alkanes) is 27. The summed E-state index contributed by atoms with van der Waals surface area (Å²) in [7, 11) is 0. The van der Waals surface area contributed by atoms with Crippen molar-refractivity contribution in [1.29, 1.82) is 0 Å². The Bertz CT molecular complexity index is 506. The Morgan fingerprint density at radius 2 is 0.756 bits per heavy atom. The van der Waals surface area contributed by atoms with Crippen molar-refractivity contribution in [2.75, 3.05) is 0 Å². The Morgan fingerprint density at radius 1 is 0.463 bits per heavy atom. The Hall–Kier alpha value is -0.570. The Balaban J connectivity index is 3.60. The zero-order valence-corrected chi connectivity index (χ0v) is 28.5. The molecule has 0 saturated heterocycles. The van der Waals surface area contributed by atoms with E-state index in [0.717, 1.165) is 25.7 Å². The first kappa shape index (κ1) is 40.4. The third-order valence-corrected chi connectivity index (χ3v) is 8.96. The van der Waals surface area contributed by atoms with Crippen LogP contribution in [-0.2, 0) is 9.53 Å². The van der Waals surface area contributed by atoms with E-state index in [9.17, 15) is 9.90 Å². The van der Waals surface area contributed by atoms with Crippen LogP contribution in [0.15, 0.2) is 0 Å². The van der Waals surface area contributed by atoms with Crippen molar-refractivity contribution in [2.24, 2.45) is 0 Å². The predicted octanol–water partition coefficient (Wildman–Crippen LogP) is 12.8. The fraction of sp³-hybridized carbons (Fsp3) is 0.974. The highest BCUT2D eigenvalue weighted by Gasteiger charge is 2.21. The molecule has 0 aliphatic carbocycles. The van der Waals surface area contributed by atoms with E-state index < -0.39 is 6.10 Å². The summed E-state index contributed by atoms with van der Waals surface area (Å²) in [5.41, 5.74) is 0. The maximum Gasteiger partial charge on any atom is 0.306 e. The van der Waals surface area contributed by atoms with E-state index in [4.69, 9.17) is 4.74 Å². The van der Waals surface area contributed by atoms with Crippen LogP contribution in [0.3, 0.4) is 0 Å². The highest BCUT2D eigenvalue weighted by Crippen LogP contribution is 2.18. The smallest absolute Gasteiger partial charge is 0.306 e. The number of carbonyl (C=O) groups excluding carboxylic acids is 1. The zero-order chi connectivity index (χ0) is 30.1. The lowest BCUT2D eigenvalue weighted by molar-refractivity contribution is -0.156. The monoisotopic (exact) mass is 581 g/mol. The van der Waals surface area contributed by atoms with Crippen molar-refractivity contribution in [3.8, 4) is 0 Å². The summed E-state index contributed by atoms with van der Waals surface area (Å²) in [5, 5.41) is 10.4. The maximum absolute atomic E-state index is 12.4. The predicted molar refractivity (Wildman–Crippen MR) is 181 cm³/mol. The highest BCUT2D eigenvalue weighted by molar-refractivity contribution is 5.69. The van der Waals surface area contributed by atoms with Crippen molar-refractivity contribution in [2.45, 2.75) is 238 Å². The number of aliphatic hydroxyl groups excluding tert-OH is 1. The lowest BCUT2D eigenvalue weighted by Crippen LogP contribution is -2.30. The van der Waals surface area contributed by atoms with Crippen molar-refractivity contribution in [1.82, 2.24) is 0 Å². The first-order valence-electron chi connectivity index (χ1n) is 19.0. The van der Waals surface area contributed by atoms with Gasteiger partial charge in [0.1, 0.15) is 6.10 Å². The van der Waals surface area contributed by atoms with Crippen molar-refractivity contribution in [3.63, 3.8) is 0 Å². The molecular weight excluding hydrogens is 504 g/mol. The van der Waals surface area contributed by atoms with Gasteiger partial charge in [-0.1, -0.05) is 194 Å². The third kappa shape index (κ3) is 30.7. The normalized spacial score (nSPS) is 13.0. The van der Waals surface area contributed by atoms with Gasteiger partial charge in [0.25, 0.3) is 0 Å². The number of ether oxygens (including phenoxy) is 1. The van der Waals surface area contributed by atoms with E-state index in [1.165, 1.54) is 167 Å². The lowest BCUT2D eigenvalue weighted by Gasteiger charge is -2.22. The summed E-state index contributed by atoms with van der Waals surface area (Å²) < 4.78 is 5.74. The van der Waals surface area contributed by atoms with Crippen LogP contribution < -0.4 is 0 Å². The SMILES string of the molecule is CCCCCCCCCCCCCCCCCCCC(=O)OC(CCCCCCCCCCCCCC)C(O)CC. The van der Waals surface area contributed by atoms with Gasteiger partial charge in [0.15, 0.2) is 0 Å². The largest absolute Gasteiger partial charge is 0.460 e. The van der Waals surface area contributed by atoms with E-state index in [1.807, 2.05) is 6.92 Å². The summed E-state index contributed by atoms with van der Waals surface area (Å²) in [4.78, 5) is 12.4. The Kier molecular flexibility index (Phi) is 33.5. The number of carbonyl (C=O) groups is 1. The van der Waals surface area contributed by atoms with Crippen molar-refractivity contribution < 1.29 is 14.6 Å². The van der Waals surface area contributed by atoms with E-state index in [0.29, 0.717) is 12.8 Å². The molecule has 0 spiro atoms. The van der Waals surface area contributed by atoms with Gasteiger partial charge >= 0.3 is 5.97 Å². The van der Waals surface area contributed by atoms with Crippen molar-refractivity contribution >= 4 is 5.97 Å². The van der Waals surface area contributed by atoms with Gasteiger partial charge < -0.3 is 9.84 Å². The molecule has 41 heavy (non-hydrogen) atoms. The van der Waals surface area contributed by atoms with Gasteiger partial charge in [-0.3, -0.25) is 4.79 Å². The molecule has 1 N–H and O–H groups in total. The minimum absolute atomic E-state index is 0.109. The molecule has 0 aliphatic heterocycles. The maximum atomic E-state index is 12.4. The zero-order valence-electron chi connectivity index (χ0n) is 28.5. The minimum atomic E-state index is -0.526. The lowest BCUT2D eigenvalue weighted by atomic mass is 10.0. The molecule has 0 rings (SSSR count). The number of aliphatic hydroxyl groups is 1. The van der Waals surface area contributed by atoms with Gasteiger partial charge in [-0.2, -0.15) is 0 Å². The van der Waals surface area contributed by atoms with Crippen LogP contribution in [0.25, 0.3) is 0 Å². The topological polar surface area (TPSA) is 46.5 Å². The van der Waals surface area contributed by atoms with Gasteiger partial charge in [-0.25, -0.2) is 0 Å².